The van der Waals surface area contributed by atoms with E-state index < -0.39 is 10.2 Å². The van der Waals surface area contributed by atoms with Gasteiger partial charge in [0.25, 0.3) is 0 Å². The maximum absolute atomic E-state index is 12.6. The quantitative estimate of drug-likeness (QED) is 0.734. The summed E-state index contributed by atoms with van der Waals surface area (Å²) in [5, 5.41) is 2.77. The third kappa shape index (κ3) is 5.21. The molecule has 1 aromatic carbocycles. The fraction of sp³-hybridized carbons (Fsp3) is 0.562. The summed E-state index contributed by atoms with van der Waals surface area (Å²) in [5.41, 5.74) is 2.28. The van der Waals surface area contributed by atoms with Gasteiger partial charge in [-0.3, -0.25) is 4.79 Å². The van der Waals surface area contributed by atoms with E-state index in [1.807, 2.05) is 32.9 Å². The molecule has 0 fully saturated rings. The molecule has 0 aliphatic rings. The van der Waals surface area contributed by atoms with E-state index in [1.165, 1.54) is 14.1 Å². The third-order valence-corrected chi connectivity index (χ3v) is 5.32. The van der Waals surface area contributed by atoms with Crippen molar-refractivity contribution in [1.29, 1.82) is 0 Å². The second kappa shape index (κ2) is 8.31. The Balaban J connectivity index is 3.13. The zero-order valence-corrected chi connectivity index (χ0v) is 15.4. The minimum Gasteiger partial charge on any atom is -0.355 e. The second-order valence-corrected chi connectivity index (χ2v) is 7.86. The van der Waals surface area contributed by atoms with E-state index in [9.17, 15) is 13.2 Å². The van der Waals surface area contributed by atoms with E-state index in [1.54, 1.807) is 6.07 Å². The molecule has 0 saturated heterocycles. The standard InChI is InChI=1S/C16H27N3O3S/c1-6-7-10-17-16(20)12-19(23(21,22)18(4)5)15-11-13(2)8-9-14(15)3/h8-9,11H,6-7,10,12H2,1-5H3,(H,17,20). The van der Waals surface area contributed by atoms with Crippen LogP contribution < -0.4 is 9.62 Å². The van der Waals surface area contributed by atoms with Crippen molar-refractivity contribution < 1.29 is 13.2 Å². The maximum atomic E-state index is 12.6. The summed E-state index contributed by atoms with van der Waals surface area (Å²) in [6, 6.07) is 5.56. The first-order valence-corrected chi connectivity index (χ1v) is 9.14. The molecule has 0 aliphatic carbocycles. The SMILES string of the molecule is CCCCNC(=O)CN(c1cc(C)ccc1C)S(=O)(=O)N(C)C. The van der Waals surface area contributed by atoms with E-state index in [0.717, 1.165) is 32.6 Å². The summed E-state index contributed by atoms with van der Waals surface area (Å²) in [6.45, 7) is 6.09. The molecule has 0 radical (unpaired) electrons. The molecule has 0 aromatic heterocycles. The minimum absolute atomic E-state index is 0.228. The normalized spacial score (nSPS) is 11.6. The maximum Gasteiger partial charge on any atom is 0.304 e. The number of carbonyl (C=O) groups excluding carboxylic acids is 1. The van der Waals surface area contributed by atoms with Crippen molar-refractivity contribution in [3.8, 4) is 0 Å². The Kier molecular flexibility index (Phi) is 7.02. The number of nitrogens with zero attached hydrogens (tertiary/aromatic N) is 2. The number of aryl methyl sites for hydroxylation is 2. The van der Waals surface area contributed by atoms with Gasteiger partial charge in [0, 0.05) is 20.6 Å². The number of benzene rings is 1. The monoisotopic (exact) mass is 341 g/mol. The van der Waals surface area contributed by atoms with Crippen LogP contribution in [0.1, 0.15) is 30.9 Å². The lowest BCUT2D eigenvalue weighted by molar-refractivity contribution is -0.119. The minimum atomic E-state index is -3.75. The van der Waals surface area contributed by atoms with Gasteiger partial charge in [-0.1, -0.05) is 25.5 Å². The van der Waals surface area contributed by atoms with Gasteiger partial charge in [-0.05, 0) is 37.5 Å². The van der Waals surface area contributed by atoms with Crippen LogP contribution >= 0.6 is 0 Å². The van der Waals surface area contributed by atoms with Crippen LogP contribution in [0.2, 0.25) is 0 Å². The van der Waals surface area contributed by atoms with E-state index >= 15 is 0 Å². The average Bonchev–Trinajstić information content (AvgIpc) is 2.47. The Morgan fingerprint density at radius 1 is 1.22 bits per heavy atom. The summed E-state index contributed by atoms with van der Waals surface area (Å²) in [6.07, 6.45) is 1.84. The first kappa shape index (κ1) is 19.4. The highest BCUT2D eigenvalue weighted by Gasteiger charge is 2.28. The molecule has 0 heterocycles. The van der Waals surface area contributed by atoms with Gasteiger partial charge < -0.3 is 5.32 Å². The number of carbonyl (C=O) groups is 1. The van der Waals surface area contributed by atoms with Crippen LogP contribution in [0, 0.1) is 13.8 Å². The Labute approximate surface area is 139 Å². The fourth-order valence-electron chi connectivity index (χ4n) is 2.07. The lowest BCUT2D eigenvalue weighted by Gasteiger charge is -2.28. The highest BCUT2D eigenvalue weighted by molar-refractivity contribution is 7.90. The van der Waals surface area contributed by atoms with Crippen LogP contribution in [0.5, 0.6) is 0 Å². The summed E-state index contributed by atoms with van der Waals surface area (Å²) in [4.78, 5) is 12.1. The molecule has 1 aromatic rings. The van der Waals surface area contributed by atoms with E-state index in [2.05, 4.69) is 5.32 Å². The van der Waals surface area contributed by atoms with Gasteiger partial charge in [0.05, 0.1) is 5.69 Å². The molecule has 7 heteroatoms. The van der Waals surface area contributed by atoms with Crippen molar-refractivity contribution in [2.45, 2.75) is 33.6 Å². The zero-order chi connectivity index (χ0) is 17.6. The van der Waals surface area contributed by atoms with Gasteiger partial charge in [0.1, 0.15) is 6.54 Å². The molecule has 1 N–H and O–H groups in total. The Bertz CT molecular complexity index is 642. The first-order chi connectivity index (χ1) is 10.7. The fourth-order valence-corrected chi connectivity index (χ4v) is 3.19. The van der Waals surface area contributed by atoms with Crippen molar-refractivity contribution in [3.05, 3.63) is 29.3 Å². The van der Waals surface area contributed by atoms with Gasteiger partial charge >= 0.3 is 10.2 Å². The number of hydrogen-bond donors (Lipinski definition) is 1. The van der Waals surface area contributed by atoms with Crippen LogP contribution in [0.15, 0.2) is 18.2 Å². The van der Waals surface area contributed by atoms with Crippen molar-refractivity contribution in [2.75, 3.05) is 31.5 Å². The van der Waals surface area contributed by atoms with Crippen molar-refractivity contribution in [2.24, 2.45) is 0 Å². The molecule has 0 bridgehead atoms. The van der Waals surface area contributed by atoms with Crippen molar-refractivity contribution >= 4 is 21.8 Å². The zero-order valence-electron chi connectivity index (χ0n) is 14.6. The van der Waals surface area contributed by atoms with Gasteiger partial charge in [0.15, 0.2) is 0 Å². The molecule has 23 heavy (non-hydrogen) atoms. The van der Waals surface area contributed by atoms with E-state index in [0.29, 0.717) is 12.2 Å². The predicted octanol–water partition coefficient (Wildman–Crippen LogP) is 1.83. The predicted molar refractivity (Wildman–Crippen MR) is 93.8 cm³/mol. The van der Waals surface area contributed by atoms with E-state index in [4.69, 9.17) is 0 Å². The van der Waals surface area contributed by atoms with Gasteiger partial charge in [-0.15, -0.1) is 0 Å². The summed E-state index contributed by atoms with van der Waals surface area (Å²) in [7, 11) is -0.830. The molecular weight excluding hydrogens is 314 g/mol. The molecule has 1 amide bonds. The lowest BCUT2D eigenvalue weighted by Crippen LogP contribution is -2.46. The number of anilines is 1. The highest BCUT2D eigenvalue weighted by atomic mass is 32.2. The molecule has 130 valence electrons. The van der Waals surface area contributed by atoms with Crippen LogP contribution in [-0.2, 0) is 15.0 Å². The smallest absolute Gasteiger partial charge is 0.304 e. The number of amides is 1. The van der Waals surface area contributed by atoms with Crippen LogP contribution in [0.3, 0.4) is 0 Å². The summed E-state index contributed by atoms with van der Waals surface area (Å²) in [5.74, 6) is -0.301. The number of hydrogen-bond acceptors (Lipinski definition) is 3. The van der Waals surface area contributed by atoms with Crippen LogP contribution in [0.4, 0.5) is 5.69 Å². The molecule has 0 atom stereocenters. The molecule has 0 aliphatic heterocycles. The number of rotatable bonds is 8. The Morgan fingerprint density at radius 2 is 1.87 bits per heavy atom. The largest absolute Gasteiger partial charge is 0.355 e. The highest BCUT2D eigenvalue weighted by Crippen LogP contribution is 2.25. The van der Waals surface area contributed by atoms with Crippen LogP contribution in [-0.4, -0.2) is 45.8 Å². The number of unbranched alkanes of at least 4 members (excludes halogenated alkanes) is 1. The molecule has 6 nitrogen and oxygen atoms in total. The third-order valence-electron chi connectivity index (χ3n) is 3.51. The van der Waals surface area contributed by atoms with E-state index in [-0.39, 0.29) is 12.5 Å². The molecular formula is C16H27N3O3S. The molecule has 0 saturated carbocycles. The first-order valence-electron chi connectivity index (χ1n) is 7.74. The van der Waals surface area contributed by atoms with Crippen LogP contribution in [0.25, 0.3) is 0 Å². The van der Waals surface area contributed by atoms with Gasteiger partial charge in [-0.2, -0.15) is 12.7 Å². The van der Waals surface area contributed by atoms with Gasteiger partial charge in [0.2, 0.25) is 5.91 Å². The summed E-state index contributed by atoms with van der Waals surface area (Å²) < 4.78 is 27.5. The van der Waals surface area contributed by atoms with Crippen molar-refractivity contribution in [3.63, 3.8) is 0 Å². The average molecular weight is 341 g/mol. The summed E-state index contributed by atoms with van der Waals surface area (Å²) >= 11 is 0. The van der Waals surface area contributed by atoms with Crippen molar-refractivity contribution in [1.82, 2.24) is 9.62 Å². The van der Waals surface area contributed by atoms with Gasteiger partial charge in [-0.25, -0.2) is 4.31 Å². The molecule has 0 unspecified atom stereocenters. The second-order valence-electron chi connectivity index (χ2n) is 5.79. The Morgan fingerprint density at radius 3 is 2.43 bits per heavy atom. The number of nitrogens with one attached hydrogen (secondary N) is 1. The lowest BCUT2D eigenvalue weighted by atomic mass is 10.1. The topological polar surface area (TPSA) is 69.7 Å². The molecule has 0 spiro atoms. The molecule has 1 rings (SSSR count). The Hall–Kier alpha value is -1.60.